The topological polar surface area (TPSA) is 0 Å². The summed E-state index contributed by atoms with van der Waals surface area (Å²) in [4.78, 5) is 0. The Morgan fingerprint density at radius 2 is 0.905 bits per heavy atom. The van der Waals surface area contributed by atoms with Gasteiger partial charge in [-0.25, -0.2) is 0 Å². The summed E-state index contributed by atoms with van der Waals surface area (Å²) >= 11 is -2.48. The van der Waals surface area contributed by atoms with Gasteiger partial charge in [0.25, 0.3) is 0 Å². The molecule has 2 aliphatic rings. The molecule has 0 aliphatic heterocycles. The van der Waals surface area contributed by atoms with Crippen molar-refractivity contribution >= 4 is 0 Å². The van der Waals surface area contributed by atoms with Crippen LogP contribution in [0, 0.1) is 10.8 Å². The average Bonchev–Trinajstić information content (AvgIpc) is 2.98. The van der Waals surface area contributed by atoms with Crippen LogP contribution in [0.4, 0.5) is 0 Å². The van der Waals surface area contributed by atoms with Crippen molar-refractivity contribution in [2.75, 3.05) is 0 Å². The van der Waals surface area contributed by atoms with Gasteiger partial charge in [-0.3, -0.25) is 0 Å². The van der Waals surface area contributed by atoms with Gasteiger partial charge in [0.2, 0.25) is 0 Å². The van der Waals surface area contributed by atoms with Crippen molar-refractivity contribution in [3.63, 3.8) is 0 Å². The normalized spacial score (nSPS) is 20.1. The van der Waals surface area contributed by atoms with E-state index < -0.39 is 20.3 Å². The van der Waals surface area contributed by atoms with Gasteiger partial charge in [0.1, 0.15) is 0 Å². The molecular formula is C20H32Zr. The molecule has 0 atom stereocenters. The molecule has 0 amide bonds. The molecule has 0 aromatic heterocycles. The summed E-state index contributed by atoms with van der Waals surface area (Å²) < 4.78 is 4.43. The van der Waals surface area contributed by atoms with Crippen LogP contribution in [-0.4, -0.2) is 0 Å². The van der Waals surface area contributed by atoms with E-state index >= 15 is 0 Å². The molecule has 0 N–H and O–H groups in total. The Bertz CT molecular complexity index is 407. The molecule has 0 aromatic carbocycles. The summed E-state index contributed by atoms with van der Waals surface area (Å²) in [6.45, 7) is 14.6. The molecule has 0 saturated heterocycles. The fourth-order valence-corrected chi connectivity index (χ4v) is 22.6. The van der Waals surface area contributed by atoms with Gasteiger partial charge in [-0.1, -0.05) is 0 Å². The van der Waals surface area contributed by atoms with Crippen LogP contribution >= 0.6 is 0 Å². The van der Waals surface area contributed by atoms with E-state index in [9.17, 15) is 0 Å². The molecule has 0 bridgehead atoms. The Kier molecular flexibility index (Phi) is 5.04. The van der Waals surface area contributed by atoms with Gasteiger partial charge in [0.05, 0.1) is 0 Å². The molecule has 0 unspecified atom stereocenters. The summed E-state index contributed by atoms with van der Waals surface area (Å²) in [5, 5.41) is 0. The van der Waals surface area contributed by atoms with Crippen LogP contribution < -0.4 is 0 Å². The van der Waals surface area contributed by atoms with Crippen molar-refractivity contribution in [1.82, 2.24) is 0 Å². The molecule has 21 heavy (non-hydrogen) atoms. The van der Waals surface area contributed by atoms with Crippen molar-refractivity contribution in [2.45, 2.75) is 57.1 Å². The average molecular weight is 364 g/mol. The van der Waals surface area contributed by atoms with Crippen molar-refractivity contribution in [1.29, 1.82) is 0 Å². The molecule has 1 heteroatoms. The second kappa shape index (κ2) is 6.15. The van der Waals surface area contributed by atoms with E-state index in [1.165, 1.54) is 8.26 Å². The maximum absolute atomic E-state index is 2.51. The van der Waals surface area contributed by atoms with Crippen molar-refractivity contribution in [3.8, 4) is 0 Å². The molecule has 2 rings (SSSR count). The zero-order valence-corrected chi connectivity index (χ0v) is 17.1. The van der Waals surface area contributed by atoms with Crippen molar-refractivity contribution in [2.24, 2.45) is 10.8 Å². The molecule has 0 nitrogen and oxygen atoms in total. The third-order valence-corrected chi connectivity index (χ3v) is 21.4. The standard InChI is InChI=1S/2C5H5.2C5H11.Zr/c2*1-2-4-5-3-1;2*1-5(2,3)4;/h2*1-5H;2*1H2,2-4H3;. The van der Waals surface area contributed by atoms with E-state index in [1.54, 1.807) is 0 Å². The monoisotopic (exact) mass is 362 g/mol. The number of rotatable bonds is 4. The van der Waals surface area contributed by atoms with E-state index in [1.807, 2.05) is 0 Å². The van der Waals surface area contributed by atoms with Crippen LogP contribution in [0.25, 0.3) is 0 Å². The summed E-state index contributed by atoms with van der Waals surface area (Å²) in [5.41, 5.74) is 0.853. The van der Waals surface area contributed by atoms with E-state index in [0.29, 0.717) is 10.8 Å². The fraction of sp³-hybridized carbons (Fsp3) is 0.600. The van der Waals surface area contributed by atoms with Crippen LogP contribution in [0.1, 0.15) is 41.5 Å². The first kappa shape index (κ1) is 17.2. The first-order valence-electron chi connectivity index (χ1n) is 8.32. The second-order valence-corrected chi connectivity index (χ2v) is 20.4. The van der Waals surface area contributed by atoms with E-state index in [2.05, 4.69) is 90.2 Å². The first-order chi connectivity index (χ1) is 9.62. The molecule has 116 valence electrons. The predicted octanol–water partition coefficient (Wildman–Crippen LogP) is 6.90. The van der Waals surface area contributed by atoms with Gasteiger partial charge in [-0.05, 0) is 0 Å². The summed E-state index contributed by atoms with van der Waals surface area (Å²) in [6, 6.07) is 0. The van der Waals surface area contributed by atoms with Gasteiger partial charge in [0.15, 0.2) is 0 Å². The molecule has 0 fully saturated rings. The third kappa shape index (κ3) is 4.41. The van der Waals surface area contributed by atoms with Crippen LogP contribution in [0.15, 0.2) is 48.6 Å². The summed E-state index contributed by atoms with van der Waals surface area (Å²) in [7, 11) is 0. The van der Waals surface area contributed by atoms with Gasteiger partial charge < -0.3 is 0 Å². The van der Waals surface area contributed by atoms with E-state index in [0.717, 1.165) is 7.25 Å². The van der Waals surface area contributed by atoms with E-state index in [4.69, 9.17) is 0 Å². The fourth-order valence-electron chi connectivity index (χ4n) is 4.36. The maximum atomic E-state index is 2.51. The molecule has 2 aliphatic carbocycles. The quantitative estimate of drug-likeness (QED) is 0.509. The van der Waals surface area contributed by atoms with Crippen LogP contribution in [0.2, 0.25) is 15.5 Å². The Labute approximate surface area is 136 Å². The molecule has 0 aromatic rings. The van der Waals surface area contributed by atoms with Gasteiger partial charge in [-0.15, -0.1) is 0 Å². The predicted molar refractivity (Wildman–Crippen MR) is 92.6 cm³/mol. The molecular weight excluding hydrogens is 331 g/mol. The zero-order chi connectivity index (χ0) is 15.7. The Morgan fingerprint density at radius 3 is 1.14 bits per heavy atom. The summed E-state index contributed by atoms with van der Waals surface area (Å²) in [6.07, 6.45) is 19.2. The van der Waals surface area contributed by atoms with Crippen molar-refractivity contribution < 1.29 is 20.3 Å². The number of hydrogen-bond donors (Lipinski definition) is 0. The Hall–Kier alpha value is -0.157. The van der Waals surface area contributed by atoms with Gasteiger partial charge in [0, 0.05) is 0 Å². The first-order valence-corrected chi connectivity index (χ1v) is 14.6. The van der Waals surface area contributed by atoms with Gasteiger partial charge >= 0.3 is 137 Å². The second-order valence-electron chi connectivity index (χ2n) is 9.30. The van der Waals surface area contributed by atoms with Crippen LogP contribution in [0.5, 0.6) is 0 Å². The molecule has 0 heterocycles. The molecule has 0 radical (unpaired) electrons. The SMILES string of the molecule is CC(C)(C)[CH2][Zr]([CH2]C(C)(C)C)([CH]1C=CC=C1)[CH]1C=CC=C1. The number of hydrogen-bond acceptors (Lipinski definition) is 0. The van der Waals surface area contributed by atoms with Gasteiger partial charge in [-0.2, -0.15) is 0 Å². The van der Waals surface area contributed by atoms with E-state index in [-0.39, 0.29) is 0 Å². The summed E-state index contributed by atoms with van der Waals surface area (Å²) in [5.74, 6) is 0. The third-order valence-electron chi connectivity index (χ3n) is 4.54. The minimum absolute atomic E-state index is 0.426. The zero-order valence-electron chi connectivity index (χ0n) is 14.7. The number of allylic oxidation sites excluding steroid dienone is 8. The van der Waals surface area contributed by atoms with Crippen molar-refractivity contribution in [3.05, 3.63) is 48.6 Å². The Morgan fingerprint density at radius 1 is 0.619 bits per heavy atom. The van der Waals surface area contributed by atoms with Crippen LogP contribution in [0.3, 0.4) is 0 Å². The Balaban J connectivity index is 2.46. The minimum atomic E-state index is -2.48. The van der Waals surface area contributed by atoms with Crippen LogP contribution in [-0.2, 0) is 20.3 Å². The molecule has 0 spiro atoms. The molecule has 0 saturated carbocycles.